The van der Waals surface area contributed by atoms with Crippen molar-refractivity contribution < 1.29 is 14.0 Å². The van der Waals surface area contributed by atoms with Gasteiger partial charge in [-0.15, -0.1) is 0 Å². The smallest absolute Gasteiger partial charge is 0.246 e. The molecule has 0 unspecified atom stereocenters. The summed E-state index contributed by atoms with van der Waals surface area (Å²) >= 11 is 0. The van der Waals surface area contributed by atoms with E-state index in [9.17, 15) is 14.0 Å². The lowest BCUT2D eigenvalue weighted by atomic mass is 10.0. The molecule has 0 fully saturated rings. The van der Waals surface area contributed by atoms with E-state index in [1.54, 1.807) is 21.9 Å². The third-order valence-electron chi connectivity index (χ3n) is 4.77. The van der Waals surface area contributed by atoms with Gasteiger partial charge in [0.25, 0.3) is 0 Å². The third-order valence-corrected chi connectivity index (χ3v) is 4.77. The second-order valence-corrected chi connectivity index (χ2v) is 6.59. The van der Waals surface area contributed by atoms with E-state index >= 15 is 0 Å². The lowest BCUT2D eigenvalue weighted by Gasteiger charge is -2.31. The number of para-hydroxylation sites is 1. The number of amides is 2. The number of fused-ring (bicyclic) bond motifs is 1. The van der Waals surface area contributed by atoms with Crippen molar-refractivity contribution in [2.24, 2.45) is 0 Å². The summed E-state index contributed by atoms with van der Waals surface area (Å²) < 4.78 is 13.0. The molecule has 4 nitrogen and oxygen atoms in total. The molecule has 0 N–H and O–H groups in total. The first-order valence-corrected chi connectivity index (χ1v) is 8.93. The van der Waals surface area contributed by atoms with Gasteiger partial charge in [0, 0.05) is 25.7 Å². The van der Waals surface area contributed by atoms with E-state index < -0.39 is 0 Å². The van der Waals surface area contributed by atoms with Crippen molar-refractivity contribution in [1.82, 2.24) is 4.90 Å². The molecular weight excluding hydrogens is 331 g/mol. The minimum atomic E-state index is -0.281. The number of aryl methyl sites for hydroxylation is 1. The minimum absolute atomic E-state index is 0.0604. The number of anilines is 1. The molecule has 2 aromatic carbocycles. The fourth-order valence-electron chi connectivity index (χ4n) is 3.30. The van der Waals surface area contributed by atoms with Crippen LogP contribution in [-0.2, 0) is 22.4 Å². The highest BCUT2D eigenvalue weighted by molar-refractivity contribution is 5.97. The monoisotopic (exact) mass is 354 g/mol. The van der Waals surface area contributed by atoms with Gasteiger partial charge in [-0.2, -0.15) is 0 Å². The second-order valence-electron chi connectivity index (χ2n) is 6.59. The van der Waals surface area contributed by atoms with E-state index in [1.165, 1.54) is 24.6 Å². The van der Waals surface area contributed by atoms with E-state index in [1.807, 2.05) is 24.3 Å². The Balaban J connectivity index is 1.65. The fraction of sp³-hybridized carbons (Fsp3) is 0.333. The molecule has 0 saturated carbocycles. The fourth-order valence-corrected chi connectivity index (χ4v) is 3.30. The Morgan fingerprint density at radius 1 is 1.12 bits per heavy atom. The maximum atomic E-state index is 13.0. The molecule has 5 heteroatoms. The molecule has 0 aromatic heterocycles. The Bertz CT molecular complexity index is 789. The third kappa shape index (κ3) is 4.28. The van der Waals surface area contributed by atoms with Gasteiger partial charge in [0.2, 0.25) is 11.8 Å². The van der Waals surface area contributed by atoms with Crippen molar-refractivity contribution in [2.75, 3.05) is 24.5 Å². The van der Waals surface area contributed by atoms with Gasteiger partial charge in [0.05, 0.1) is 0 Å². The molecule has 1 aliphatic rings. The lowest BCUT2D eigenvalue weighted by Crippen LogP contribution is -2.44. The summed E-state index contributed by atoms with van der Waals surface area (Å²) in [6.07, 6.45) is 2.49. The molecule has 26 heavy (non-hydrogen) atoms. The van der Waals surface area contributed by atoms with Crippen LogP contribution >= 0.6 is 0 Å². The molecule has 0 bridgehead atoms. The van der Waals surface area contributed by atoms with Gasteiger partial charge in [-0.25, -0.2) is 4.39 Å². The molecule has 0 atom stereocenters. The molecule has 136 valence electrons. The summed E-state index contributed by atoms with van der Waals surface area (Å²) in [5, 5.41) is 0. The Labute approximate surface area is 153 Å². The summed E-state index contributed by atoms with van der Waals surface area (Å²) in [4.78, 5) is 28.1. The van der Waals surface area contributed by atoms with E-state index in [2.05, 4.69) is 0 Å². The van der Waals surface area contributed by atoms with Crippen LogP contribution in [0, 0.1) is 5.82 Å². The highest BCUT2D eigenvalue weighted by atomic mass is 19.1. The van der Waals surface area contributed by atoms with Crippen LogP contribution in [0.2, 0.25) is 0 Å². The first kappa shape index (κ1) is 18.1. The van der Waals surface area contributed by atoms with Crippen molar-refractivity contribution in [3.8, 4) is 0 Å². The van der Waals surface area contributed by atoms with Crippen molar-refractivity contribution in [3.05, 3.63) is 65.5 Å². The van der Waals surface area contributed by atoms with Gasteiger partial charge in [0.15, 0.2) is 0 Å². The van der Waals surface area contributed by atoms with Crippen molar-refractivity contribution in [3.63, 3.8) is 0 Å². The maximum absolute atomic E-state index is 13.0. The largest absolute Gasteiger partial charge is 0.333 e. The number of carbonyl (C=O) groups excluding carboxylic acids is 2. The Kier molecular flexibility index (Phi) is 5.66. The Hall–Kier alpha value is -2.69. The number of benzene rings is 2. The van der Waals surface area contributed by atoms with E-state index in [0.29, 0.717) is 19.5 Å². The van der Waals surface area contributed by atoms with Crippen LogP contribution in [0.4, 0.5) is 10.1 Å². The van der Waals surface area contributed by atoms with Gasteiger partial charge >= 0.3 is 0 Å². The average Bonchev–Trinajstić information content (AvgIpc) is 2.65. The minimum Gasteiger partial charge on any atom is -0.333 e. The maximum Gasteiger partial charge on any atom is 0.246 e. The first-order valence-electron chi connectivity index (χ1n) is 8.93. The SMILES string of the molecule is CC(=O)N(CCc1ccc(F)cc1)CC(=O)N1CCCc2ccccc21. The van der Waals surface area contributed by atoms with E-state index in [0.717, 1.165) is 24.1 Å². The number of halogens is 1. The van der Waals surface area contributed by atoms with E-state index in [-0.39, 0.29) is 24.2 Å². The molecule has 0 spiro atoms. The quantitative estimate of drug-likeness (QED) is 0.827. The topological polar surface area (TPSA) is 40.6 Å². The summed E-state index contributed by atoms with van der Waals surface area (Å²) in [6, 6.07) is 14.1. The number of hydrogen-bond donors (Lipinski definition) is 0. The molecule has 1 aliphatic heterocycles. The van der Waals surface area contributed by atoms with Crippen LogP contribution in [0.25, 0.3) is 0 Å². The zero-order chi connectivity index (χ0) is 18.5. The zero-order valence-electron chi connectivity index (χ0n) is 15.0. The summed E-state index contributed by atoms with van der Waals surface area (Å²) in [5.41, 5.74) is 3.06. The van der Waals surface area contributed by atoms with Gasteiger partial charge < -0.3 is 9.80 Å². The molecule has 2 aromatic rings. The van der Waals surface area contributed by atoms with Crippen LogP contribution in [0.5, 0.6) is 0 Å². The van der Waals surface area contributed by atoms with Gasteiger partial charge in [-0.05, 0) is 48.6 Å². The number of carbonyl (C=O) groups is 2. The van der Waals surface area contributed by atoms with Crippen LogP contribution in [0.1, 0.15) is 24.5 Å². The van der Waals surface area contributed by atoms with Gasteiger partial charge in [0.1, 0.15) is 12.4 Å². The summed E-state index contributed by atoms with van der Waals surface area (Å²) in [7, 11) is 0. The zero-order valence-corrected chi connectivity index (χ0v) is 15.0. The average molecular weight is 354 g/mol. The second kappa shape index (κ2) is 8.13. The number of nitrogens with zero attached hydrogens (tertiary/aromatic N) is 2. The van der Waals surface area contributed by atoms with Crippen molar-refractivity contribution >= 4 is 17.5 Å². The van der Waals surface area contributed by atoms with Crippen molar-refractivity contribution in [2.45, 2.75) is 26.2 Å². The highest BCUT2D eigenvalue weighted by Gasteiger charge is 2.24. The molecule has 1 heterocycles. The predicted octanol–water partition coefficient (Wildman–Crippen LogP) is 3.20. The molecule has 0 radical (unpaired) electrons. The molecule has 2 amide bonds. The molecule has 0 saturated heterocycles. The van der Waals surface area contributed by atoms with Crippen molar-refractivity contribution in [1.29, 1.82) is 0 Å². The van der Waals surface area contributed by atoms with Crippen LogP contribution in [-0.4, -0.2) is 36.3 Å². The first-order chi connectivity index (χ1) is 12.5. The molecular formula is C21H23FN2O2. The van der Waals surface area contributed by atoms with Gasteiger partial charge in [-0.3, -0.25) is 9.59 Å². The van der Waals surface area contributed by atoms with Crippen LogP contribution < -0.4 is 4.90 Å². The Morgan fingerprint density at radius 3 is 2.58 bits per heavy atom. The highest BCUT2D eigenvalue weighted by Crippen LogP contribution is 2.26. The number of hydrogen-bond acceptors (Lipinski definition) is 2. The predicted molar refractivity (Wildman–Crippen MR) is 99.5 cm³/mol. The van der Waals surface area contributed by atoms with Crippen LogP contribution in [0.15, 0.2) is 48.5 Å². The summed E-state index contributed by atoms with van der Waals surface area (Å²) in [6.45, 7) is 2.65. The number of rotatable bonds is 5. The van der Waals surface area contributed by atoms with Crippen LogP contribution in [0.3, 0.4) is 0 Å². The normalized spacial score (nSPS) is 13.2. The van der Waals surface area contributed by atoms with Gasteiger partial charge in [-0.1, -0.05) is 30.3 Å². The Morgan fingerprint density at radius 2 is 1.85 bits per heavy atom. The summed E-state index contributed by atoms with van der Waals surface area (Å²) in [5.74, 6) is -0.478. The molecule has 3 rings (SSSR count). The van der Waals surface area contributed by atoms with E-state index in [4.69, 9.17) is 0 Å². The lowest BCUT2D eigenvalue weighted by molar-refractivity contribution is -0.133. The standard InChI is InChI=1S/C21H23FN2O2/c1-16(25)23(14-12-17-8-10-19(22)11-9-17)15-21(26)24-13-4-6-18-5-2-3-7-20(18)24/h2-3,5,7-11H,4,6,12-15H2,1H3. The molecule has 0 aliphatic carbocycles.